The average Bonchev–Trinajstić information content (AvgIpc) is 2.82. The van der Waals surface area contributed by atoms with Gasteiger partial charge in [-0.25, -0.2) is 0 Å². The molecule has 1 aromatic carbocycles. The fourth-order valence-corrected chi connectivity index (χ4v) is 2.88. The van der Waals surface area contributed by atoms with Gasteiger partial charge in [-0.1, -0.05) is 0 Å². The van der Waals surface area contributed by atoms with Crippen molar-refractivity contribution >= 4 is 53.3 Å². The fourth-order valence-electron chi connectivity index (χ4n) is 1.52. The zero-order valence-corrected chi connectivity index (χ0v) is 13.4. The Morgan fingerprint density at radius 2 is 2.21 bits per heavy atom. The van der Waals surface area contributed by atoms with Gasteiger partial charge < -0.3 is 10.1 Å². The molecule has 19 heavy (non-hydrogen) atoms. The van der Waals surface area contributed by atoms with Crippen molar-refractivity contribution in [2.24, 2.45) is 0 Å². The third kappa shape index (κ3) is 3.86. The zero-order chi connectivity index (χ0) is 14.3. The number of carbonyl (C=O) groups excluding carboxylic acids is 1. The van der Waals surface area contributed by atoms with Crippen LogP contribution in [0.4, 0.5) is 5.69 Å². The number of rotatable bonds is 3. The lowest BCUT2D eigenvalue weighted by Crippen LogP contribution is -1.95. The second-order valence-electron chi connectivity index (χ2n) is 3.45. The summed E-state index contributed by atoms with van der Waals surface area (Å²) in [5.74, 6) is 0. The molecule has 0 fully saturated rings. The number of hydrogen-bond donors (Lipinski definition) is 1. The number of nitrogens with one attached hydrogen (secondary N) is 1. The molecule has 5 nitrogen and oxygen atoms in total. The van der Waals surface area contributed by atoms with E-state index in [1.54, 1.807) is 20.3 Å². The maximum atomic E-state index is 10.4. The second-order valence-corrected chi connectivity index (χ2v) is 5.16. The molecule has 100 valence electrons. The molecule has 1 heterocycles. The van der Waals surface area contributed by atoms with Gasteiger partial charge in [-0.05, 0) is 18.2 Å². The minimum atomic E-state index is 0.561. The number of aromatic nitrogens is 1. The van der Waals surface area contributed by atoms with Gasteiger partial charge in [-0.2, -0.15) is 5.26 Å². The number of nitrogens with zero attached hydrogens (tertiary/aromatic N) is 2. The average molecular weight is 389 g/mol. The van der Waals surface area contributed by atoms with Crippen LogP contribution in [0, 0.1) is 11.3 Å². The summed E-state index contributed by atoms with van der Waals surface area (Å²) in [6, 6.07) is 7.53. The normalized spacial score (nSPS) is 9.37. The molecule has 1 aromatic heterocycles. The van der Waals surface area contributed by atoms with E-state index < -0.39 is 0 Å². The third-order valence-corrected chi connectivity index (χ3v) is 3.93. The Kier molecular flexibility index (Phi) is 6.69. The van der Waals surface area contributed by atoms with Crippen LogP contribution in [0.1, 0.15) is 5.56 Å². The zero-order valence-electron chi connectivity index (χ0n) is 10.4. The predicted molar refractivity (Wildman–Crippen MR) is 86.3 cm³/mol. The Hall–Kier alpha value is -1.24. The summed E-state index contributed by atoms with van der Waals surface area (Å²) in [6.45, 7) is 0. The van der Waals surface area contributed by atoms with E-state index in [0.29, 0.717) is 17.7 Å². The maximum Gasteiger partial charge on any atom is 0.211 e. The van der Waals surface area contributed by atoms with Crippen LogP contribution in [0.2, 0.25) is 0 Å². The molecule has 0 aliphatic rings. The highest BCUT2D eigenvalue weighted by Crippen LogP contribution is 2.29. The SMILES string of the molecule is COC.N#Cc1cc(NC=O)cc2c1ccn2SI. The summed E-state index contributed by atoms with van der Waals surface area (Å²) in [5.41, 5.74) is 2.11. The number of nitriles is 1. The molecule has 0 saturated heterocycles. The summed E-state index contributed by atoms with van der Waals surface area (Å²) in [5, 5.41) is 12.5. The van der Waals surface area contributed by atoms with Crippen LogP contribution < -0.4 is 5.32 Å². The summed E-state index contributed by atoms with van der Waals surface area (Å²) in [4.78, 5) is 10.4. The summed E-state index contributed by atoms with van der Waals surface area (Å²) >= 11 is 2.16. The first kappa shape index (κ1) is 15.8. The van der Waals surface area contributed by atoms with Crippen LogP contribution in [-0.4, -0.2) is 24.6 Å². The van der Waals surface area contributed by atoms with Gasteiger partial charge in [0, 0.05) is 61.8 Å². The molecule has 2 aromatic rings. The molecule has 0 unspecified atom stereocenters. The molecule has 0 atom stereocenters. The number of methoxy groups -OCH3 is 1. The molecule has 0 bridgehead atoms. The minimum absolute atomic E-state index is 0.561. The monoisotopic (exact) mass is 389 g/mol. The van der Waals surface area contributed by atoms with Gasteiger partial charge in [0.15, 0.2) is 0 Å². The van der Waals surface area contributed by atoms with E-state index in [2.05, 4.69) is 37.3 Å². The van der Waals surface area contributed by atoms with Gasteiger partial charge in [-0.3, -0.25) is 8.77 Å². The van der Waals surface area contributed by atoms with Gasteiger partial charge in [-0.15, -0.1) is 0 Å². The molecule has 0 radical (unpaired) electrons. The van der Waals surface area contributed by atoms with Crippen LogP contribution in [0.5, 0.6) is 0 Å². The Bertz CT molecular complexity index is 607. The molecule has 0 aliphatic heterocycles. The van der Waals surface area contributed by atoms with Crippen LogP contribution in [0.15, 0.2) is 24.4 Å². The van der Waals surface area contributed by atoms with Crippen molar-refractivity contribution < 1.29 is 9.53 Å². The second kappa shape index (κ2) is 8.04. The van der Waals surface area contributed by atoms with Crippen LogP contribution in [0.3, 0.4) is 0 Å². The molecule has 7 heteroatoms. The van der Waals surface area contributed by atoms with Crippen LogP contribution in [-0.2, 0) is 9.53 Å². The van der Waals surface area contributed by atoms with Crippen molar-refractivity contribution in [1.29, 1.82) is 5.26 Å². The molecule has 0 aliphatic carbocycles. The lowest BCUT2D eigenvalue weighted by molar-refractivity contribution is -0.105. The van der Waals surface area contributed by atoms with Crippen molar-refractivity contribution in [2.75, 3.05) is 19.5 Å². The summed E-state index contributed by atoms with van der Waals surface area (Å²) in [7, 11) is 4.76. The number of hydrogen-bond acceptors (Lipinski definition) is 4. The largest absolute Gasteiger partial charge is 0.388 e. The van der Waals surface area contributed by atoms with Gasteiger partial charge in [0.2, 0.25) is 6.41 Å². The Balaban J connectivity index is 0.000000550. The molecule has 2 rings (SSSR count). The minimum Gasteiger partial charge on any atom is -0.388 e. The highest BCUT2D eigenvalue weighted by atomic mass is 127. The van der Waals surface area contributed by atoms with Crippen molar-refractivity contribution in [2.45, 2.75) is 0 Å². The molecular formula is C12H12IN3O2S. The lowest BCUT2D eigenvalue weighted by atomic mass is 10.1. The molecule has 0 saturated carbocycles. The number of fused-ring (bicyclic) bond motifs is 1. The Labute approximate surface area is 127 Å². The Morgan fingerprint density at radius 3 is 2.74 bits per heavy atom. The number of benzene rings is 1. The van der Waals surface area contributed by atoms with Gasteiger partial charge in [0.25, 0.3) is 0 Å². The predicted octanol–water partition coefficient (Wildman–Crippen LogP) is 3.19. The summed E-state index contributed by atoms with van der Waals surface area (Å²) < 4.78 is 6.19. The van der Waals surface area contributed by atoms with Gasteiger partial charge in [0.1, 0.15) is 0 Å². The Morgan fingerprint density at radius 1 is 1.53 bits per heavy atom. The van der Waals surface area contributed by atoms with E-state index in [-0.39, 0.29) is 0 Å². The lowest BCUT2D eigenvalue weighted by Gasteiger charge is -2.03. The molecule has 0 spiro atoms. The van der Waals surface area contributed by atoms with E-state index in [1.807, 2.05) is 22.3 Å². The van der Waals surface area contributed by atoms with E-state index in [9.17, 15) is 4.79 Å². The van der Waals surface area contributed by atoms with E-state index in [4.69, 9.17) is 5.26 Å². The smallest absolute Gasteiger partial charge is 0.211 e. The fraction of sp³-hybridized carbons (Fsp3) is 0.167. The first-order chi connectivity index (χ1) is 9.21. The maximum absolute atomic E-state index is 10.4. The number of amides is 1. The number of halogens is 1. The number of carbonyl (C=O) groups is 1. The highest BCUT2D eigenvalue weighted by molar-refractivity contribution is 14.2. The molecule has 1 N–H and O–H groups in total. The number of ether oxygens (including phenoxy) is 1. The van der Waals surface area contributed by atoms with Crippen LogP contribution >= 0.6 is 30.3 Å². The number of anilines is 1. The first-order valence-corrected chi connectivity index (χ1v) is 8.48. The summed E-state index contributed by atoms with van der Waals surface area (Å²) in [6.07, 6.45) is 2.50. The van der Waals surface area contributed by atoms with E-state index in [0.717, 1.165) is 10.9 Å². The topological polar surface area (TPSA) is 67.0 Å². The van der Waals surface area contributed by atoms with E-state index in [1.165, 1.54) is 9.12 Å². The first-order valence-electron chi connectivity index (χ1n) is 5.16. The quantitative estimate of drug-likeness (QED) is 0.647. The van der Waals surface area contributed by atoms with Crippen molar-refractivity contribution in [3.8, 4) is 6.07 Å². The third-order valence-electron chi connectivity index (χ3n) is 2.19. The van der Waals surface area contributed by atoms with Crippen molar-refractivity contribution in [1.82, 2.24) is 3.97 Å². The van der Waals surface area contributed by atoms with Gasteiger partial charge in [0.05, 0.1) is 17.1 Å². The highest BCUT2D eigenvalue weighted by Gasteiger charge is 2.07. The van der Waals surface area contributed by atoms with Crippen LogP contribution in [0.25, 0.3) is 10.9 Å². The van der Waals surface area contributed by atoms with Gasteiger partial charge >= 0.3 is 0 Å². The standard InChI is InChI=1S/C10H6IN3OS.C2H6O/c11-16-14-2-1-9-7(5-12)3-8(13-6-15)4-10(9)14;1-3-2/h1-4,6H,(H,13,15);1-2H3. The molecule has 1 amide bonds. The van der Waals surface area contributed by atoms with E-state index >= 15 is 0 Å². The molecular weight excluding hydrogens is 377 g/mol. The van der Waals surface area contributed by atoms with Crippen molar-refractivity contribution in [3.63, 3.8) is 0 Å². The van der Waals surface area contributed by atoms with Crippen molar-refractivity contribution in [3.05, 3.63) is 30.0 Å².